The Kier molecular flexibility index (Phi) is 5.89. The lowest BCUT2D eigenvalue weighted by molar-refractivity contribution is -0.129. The van der Waals surface area contributed by atoms with E-state index in [0.717, 1.165) is 5.69 Å². The average molecular weight is 416 g/mol. The molecule has 0 bridgehead atoms. The number of aromatic nitrogens is 3. The third kappa shape index (κ3) is 4.69. The fraction of sp³-hybridized carbons (Fsp3) is 0.130. The summed E-state index contributed by atoms with van der Waals surface area (Å²) in [7, 11) is 0. The number of hydrogen-bond acceptors (Lipinski definition) is 6. The first-order valence-electron chi connectivity index (χ1n) is 9.68. The molecule has 0 fully saturated rings. The molecular weight excluding hydrogens is 396 g/mol. The summed E-state index contributed by atoms with van der Waals surface area (Å²) in [5.74, 6) is -0.473. The molecule has 4 aromatic rings. The third-order valence-corrected chi connectivity index (χ3v) is 4.56. The molecule has 4 rings (SSSR count). The zero-order chi connectivity index (χ0) is 21.6. The summed E-state index contributed by atoms with van der Waals surface area (Å²) in [6.07, 6.45) is 5.38. The predicted molar refractivity (Wildman–Crippen MR) is 112 cm³/mol. The topological polar surface area (TPSA) is 99.3 Å². The number of para-hydroxylation sites is 1. The van der Waals surface area contributed by atoms with Gasteiger partial charge in [-0.1, -0.05) is 18.2 Å². The lowest BCUT2D eigenvalue weighted by Gasteiger charge is -2.13. The molecule has 0 unspecified atom stereocenters. The Morgan fingerprint density at radius 1 is 1.13 bits per heavy atom. The second-order valence-electron chi connectivity index (χ2n) is 6.76. The van der Waals surface area contributed by atoms with E-state index in [0.29, 0.717) is 17.0 Å². The van der Waals surface area contributed by atoms with Gasteiger partial charge < -0.3 is 14.5 Å². The van der Waals surface area contributed by atoms with Crippen molar-refractivity contribution in [3.05, 3.63) is 90.8 Å². The molecule has 3 aromatic heterocycles. The molecule has 0 aliphatic heterocycles. The number of hydrogen-bond donors (Lipinski definition) is 1. The summed E-state index contributed by atoms with van der Waals surface area (Å²) in [4.78, 5) is 29.4. The van der Waals surface area contributed by atoms with Crippen LogP contribution in [0.2, 0.25) is 0 Å². The van der Waals surface area contributed by atoms with Crippen LogP contribution in [-0.2, 0) is 16.1 Å². The van der Waals surface area contributed by atoms with Gasteiger partial charge in [0, 0.05) is 24.2 Å². The number of amides is 1. The van der Waals surface area contributed by atoms with E-state index in [1.165, 1.54) is 13.2 Å². The molecule has 0 saturated carbocycles. The van der Waals surface area contributed by atoms with Crippen LogP contribution < -0.4 is 5.32 Å². The molecule has 31 heavy (non-hydrogen) atoms. The first-order chi connectivity index (χ1) is 15.1. The number of carbonyl (C=O) groups excluding carboxylic acids is 2. The molecular formula is C23H20N4O4. The van der Waals surface area contributed by atoms with Gasteiger partial charge in [-0.2, -0.15) is 5.10 Å². The van der Waals surface area contributed by atoms with Crippen LogP contribution in [0.3, 0.4) is 0 Å². The van der Waals surface area contributed by atoms with Crippen molar-refractivity contribution in [2.45, 2.75) is 19.6 Å². The van der Waals surface area contributed by atoms with Crippen molar-refractivity contribution in [1.29, 1.82) is 0 Å². The zero-order valence-electron chi connectivity index (χ0n) is 16.8. The van der Waals surface area contributed by atoms with E-state index in [9.17, 15) is 9.59 Å². The lowest BCUT2D eigenvalue weighted by atomic mass is 10.1. The summed E-state index contributed by atoms with van der Waals surface area (Å²) in [6.45, 7) is 1.72. The minimum absolute atomic E-state index is 0.209. The lowest BCUT2D eigenvalue weighted by Crippen LogP contribution is -2.35. The van der Waals surface area contributed by atoms with Gasteiger partial charge in [-0.15, -0.1) is 0 Å². The van der Waals surface area contributed by atoms with Gasteiger partial charge in [-0.05, 0) is 43.3 Å². The van der Waals surface area contributed by atoms with Gasteiger partial charge in [0.05, 0.1) is 18.5 Å². The second-order valence-corrected chi connectivity index (χ2v) is 6.76. The minimum Gasteiger partial charge on any atom is -0.467 e. The number of esters is 1. The fourth-order valence-electron chi connectivity index (χ4n) is 2.96. The van der Waals surface area contributed by atoms with Gasteiger partial charge in [-0.25, -0.2) is 9.48 Å². The van der Waals surface area contributed by atoms with Gasteiger partial charge in [-0.3, -0.25) is 9.78 Å². The zero-order valence-corrected chi connectivity index (χ0v) is 16.8. The average Bonchev–Trinajstić information content (AvgIpc) is 3.49. The van der Waals surface area contributed by atoms with Crippen molar-refractivity contribution in [1.82, 2.24) is 20.1 Å². The smallest absolute Gasteiger partial charge is 0.342 e. The van der Waals surface area contributed by atoms with E-state index in [4.69, 9.17) is 9.15 Å². The van der Waals surface area contributed by atoms with Crippen LogP contribution >= 0.6 is 0 Å². The number of rotatable bonds is 7. The summed E-state index contributed by atoms with van der Waals surface area (Å²) in [5.41, 5.74) is 2.11. The maximum absolute atomic E-state index is 12.9. The quantitative estimate of drug-likeness (QED) is 0.464. The first-order valence-corrected chi connectivity index (χ1v) is 9.68. The summed E-state index contributed by atoms with van der Waals surface area (Å²) < 4.78 is 12.2. The van der Waals surface area contributed by atoms with Crippen molar-refractivity contribution < 1.29 is 18.7 Å². The number of benzene rings is 1. The third-order valence-electron chi connectivity index (χ3n) is 4.56. The Bertz CT molecular complexity index is 1160. The first kappa shape index (κ1) is 20.1. The Morgan fingerprint density at radius 2 is 1.97 bits per heavy atom. The molecule has 0 aliphatic rings. The van der Waals surface area contributed by atoms with Gasteiger partial charge in [0.25, 0.3) is 5.91 Å². The molecule has 1 aromatic carbocycles. The number of nitrogens with one attached hydrogen (secondary N) is 1. The molecule has 156 valence electrons. The molecule has 1 atom stereocenters. The Labute approximate surface area is 178 Å². The number of pyridine rings is 1. The van der Waals surface area contributed by atoms with Crippen molar-refractivity contribution in [2.75, 3.05) is 0 Å². The predicted octanol–water partition coefficient (Wildman–Crippen LogP) is 3.39. The number of ether oxygens (including phenoxy) is 1. The SMILES string of the molecule is C[C@@H](OC(=O)c1cn(-c2ccccc2)nc1-c1cccnc1)C(=O)NCc1ccco1. The highest BCUT2D eigenvalue weighted by molar-refractivity contribution is 5.97. The van der Waals surface area contributed by atoms with Crippen molar-refractivity contribution >= 4 is 11.9 Å². The molecule has 1 N–H and O–H groups in total. The highest BCUT2D eigenvalue weighted by Gasteiger charge is 2.24. The van der Waals surface area contributed by atoms with Gasteiger partial charge in [0.1, 0.15) is 17.0 Å². The Hall–Kier alpha value is -4.20. The van der Waals surface area contributed by atoms with Crippen LogP contribution in [0.1, 0.15) is 23.0 Å². The van der Waals surface area contributed by atoms with E-state index >= 15 is 0 Å². The summed E-state index contributed by atoms with van der Waals surface area (Å²) >= 11 is 0. The second kappa shape index (κ2) is 9.08. The van der Waals surface area contributed by atoms with E-state index < -0.39 is 18.0 Å². The van der Waals surface area contributed by atoms with E-state index in [2.05, 4.69) is 15.4 Å². The molecule has 0 radical (unpaired) electrons. The molecule has 8 nitrogen and oxygen atoms in total. The monoisotopic (exact) mass is 416 g/mol. The maximum Gasteiger partial charge on any atom is 0.342 e. The normalized spacial score (nSPS) is 11.6. The van der Waals surface area contributed by atoms with Crippen LogP contribution in [0.5, 0.6) is 0 Å². The number of furan rings is 1. The van der Waals surface area contributed by atoms with Crippen LogP contribution in [0.15, 0.2) is 83.9 Å². The summed E-state index contributed by atoms with van der Waals surface area (Å²) in [5, 5.41) is 7.24. The van der Waals surface area contributed by atoms with E-state index in [1.54, 1.807) is 47.5 Å². The minimum atomic E-state index is -0.996. The standard InChI is InChI=1S/C23H20N4O4/c1-16(22(28)25-14-19-10-6-12-30-19)31-23(29)20-15-27(18-8-3-2-4-9-18)26-21(20)17-7-5-11-24-13-17/h2-13,15-16H,14H2,1H3,(H,25,28)/t16-/m1/s1. The number of carbonyl (C=O) groups is 2. The van der Waals surface area contributed by atoms with Crippen LogP contribution in [0.25, 0.3) is 16.9 Å². The van der Waals surface area contributed by atoms with Crippen molar-refractivity contribution in [3.63, 3.8) is 0 Å². The maximum atomic E-state index is 12.9. The van der Waals surface area contributed by atoms with Gasteiger partial charge in [0.2, 0.25) is 0 Å². The highest BCUT2D eigenvalue weighted by Crippen LogP contribution is 2.24. The highest BCUT2D eigenvalue weighted by atomic mass is 16.5. The van der Waals surface area contributed by atoms with E-state index in [1.807, 2.05) is 30.3 Å². The molecule has 0 aliphatic carbocycles. The van der Waals surface area contributed by atoms with E-state index in [-0.39, 0.29) is 12.1 Å². The van der Waals surface area contributed by atoms with Crippen molar-refractivity contribution in [3.8, 4) is 16.9 Å². The number of nitrogens with zero attached hydrogens (tertiary/aromatic N) is 3. The van der Waals surface area contributed by atoms with Crippen LogP contribution in [0.4, 0.5) is 0 Å². The molecule has 8 heteroatoms. The molecule has 3 heterocycles. The Balaban J connectivity index is 1.55. The Morgan fingerprint density at radius 3 is 2.68 bits per heavy atom. The largest absolute Gasteiger partial charge is 0.467 e. The molecule has 0 spiro atoms. The van der Waals surface area contributed by atoms with Crippen LogP contribution in [-0.4, -0.2) is 32.7 Å². The van der Waals surface area contributed by atoms with Gasteiger partial charge >= 0.3 is 5.97 Å². The van der Waals surface area contributed by atoms with Crippen LogP contribution in [0, 0.1) is 0 Å². The molecule has 1 amide bonds. The van der Waals surface area contributed by atoms with Gasteiger partial charge in [0.15, 0.2) is 6.10 Å². The fourth-order valence-corrected chi connectivity index (χ4v) is 2.96. The van der Waals surface area contributed by atoms with Crippen molar-refractivity contribution in [2.24, 2.45) is 0 Å². The summed E-state index contributed by atoms with van der Waals surface area (Å²) in [6, 6.07) is 16.4. The molecule has 0 saturated heterocycles.